The lowest BCUT2D eigenvalue weighted by atomic mass is 10.2. The molecule has 0 saturated heterocycles. The highest BCUT2D eigenvalue weighted by molar-refractivity contribution is 5.57. The molecule has 0 fully saturated rings. The van der Waals surface area contributed by atoms with E-state index in [2.05, 4.69) is 23.7 Å². The summed E-state index contributed by atoms with van der Waals surface area (Å²) in [6.07, 6.45) is 3.75. The standard InChI is InChI=1S/C17H18O4/c1-19-15-12-14(13-16(20-2)17(15)21-3)10-8-6-4-5-7-9-11-18/h4,6,12-13,18H,9,11H2,1-3H3/b6-4-. The second-order valence-electron chi connectivity index (χ2n) is 3.81. The maximum absolute atomic E-state index is 8.57. The van der Waals surface area contributed by atoms with E-state index in [0.29, 0.717) is 23.7 Å². The molecule has 4 heteroatoms. The van der Waals surface area contributed by atoms with Crippen molar-refractivity contribution in [1.29, 1.82) is 0 Å². The Hall–Kier alpha value is -2.56. The van der Waals surface area contributed by atoms with Gasteiger partial charge in [-0.2, -0.15) is 0 Å². The summed E-state index contributed by atoms with van der Waals surface area (Å²) in [4.78, 5) is 0. The Balaban J connectivity index is 2.93. The normalized spacial score (nSPS) is 9.33. The van der Waals surface area contributed by atoms with Gasteiger partial charge >= 0.3 is 0 Å². The molecule has 0 atom stereocenters. The van der Waals surface area contributed by atoms with Gasteiger partial charge in [-0.15, -0.1) is 0 Å². The summed E-state index contributed by atoms with van der Waals surface area (Å²) in [6.45, 7) is 0.0674. The highest BCUT2D eigenvalue weighted by Gasteiger charge is 2.11. The van der Waals surface area contributed by atoms with E-state index in [1.807, 2.05) is 0 Å². The monoisotopic (exact) mass is 286 g/mol. The van der Waals surface area contributed by atoms with E-state index in [4.69, 9.17) is 19.3 Å². The van der Waals surface area contributed by atoms with Crippen LogP contribution in [0.4, 0.5) is 0 Å². The topological polar surface area (TPSA) is 47.9 Å². The average molecular weight is 286 g/mol. The second kappa shape index (κ2) is 9.36. The Morgan fingerprint density at radius 2 is 1.62 bits per heavy atom. The zero-order valence-electron chi connectivity index (χ0n) is 12.4. The Kier molecular flexibility index (Phi) is 7.35. The van der Waals surface area contributed by atoms with E-state index in [-0.39, 0.29) is 6.61 Å². The van der Waals surface area contributed by atoms with Gasteiger partial charge in [0, 0.05) is 12.0 Å². The van der Waals surface area contributed by atoms with Crippen LogP contribution in [0.3, 0.4) is 0 Å². The summed E-state index contributed by atoms with van der Waals surface area (Å²) in [5.41, 5.74) is 0.748. The van der Waals surface area contributed by atoms with Gasteiger partial charge in [-0.3, -0.25) is 0 Å². The Morgan fingerprint density at radius 1 is 1.00 bits per heavy atom. The van der Waals surface area contributed by atoms with E-state index >= 15 is 0 Å². The molecule has 0 aliphatic carbocycles. The van der Waals surface area contributed by atoms with E-state index in [9.17, 15) is 0 Å². The van der Waals surface area contributed by atoms with E-state index in [1.165, 1.54) is 0 Å². The number of rotatable bonds is 4. The second-order valence-corrected chi connectivity index (χ2v) is 3.81. The summed E-state index contributed by atoms with van der Waals surface area (Å²) in [7, 11) is 4.68. The Morgan fingerprint density at radius 3 is 2.14 bits per heavy atom. The van der Waals surface area contributed by atoms with Crippen molar-refractivity contribution in [2.75, 3.05) is 27.9 Å². The molecule has 0 unspecified atom stereocenters. The molecule has 0 amide bonds. The predicted molar refractivity (Wildman–Crippen MR) is 81.6 cm³/mol. The summed E-state index contributed by atoms with van der Waals surface area (Å²) in [6, 6.07) is 3.55. The van der Waals surface area contributed by atoms with Crippen LogP contribution in [0.15, 0.2) is 24.3 Å². The molecule has 0 bridgehead atoms. The zero-order valence-corrected chi connectivity index (χ0v) is 12.4. The van der Waals surface area contributed by atoms with E-state index in [0.717, 1.165) is 5.56 Å². The van der Waals surface area contributed by atoms with Crippen molar-refractivity contribution in [2.24, 2.45) is 0 Å². The third-order valence-electron chi connectivity index (χ3n) is 2.47. The lowest BCUT2D eigenvalue weighted by molar-refractivity contribution is 0.305. The molecule has 0 spiro atoms. The smallest absolute Gasteiger partial charge is 0.203 e. The van der Waals surface area contributed by atoms with Crippen LogP contribution in [0, 0.1) is 23.7 Å². The molecule has 0 aromatic heterocycles. The summed E-state index contributed by atoms with van der Waals surface area (Å²) >= 11 is 0. The Labute approximate surface area is 125 Å². The summed E-state index contributed by atoms with van der Waals surface area (Å²) < 4.78 is 15.8. The largest absolute Gasteiger partial charge is 0.493 e. The first-order valence-corrected chi connectivity index (χ1v) is 6.32. The first-order valence-electron chi connectivity index (χ1n) is 6.32. The van der Waals surface area contributed by atoms with Crippen LogP contribution < -0.4 is 14.2 Å². The Bertz CT molecular complexity index is 584. The minimum Gasteiger partial charge on any atom is -0.493 e. The van der Waals surface area contributed by atoms with Crippen LogP contribution in [0.25, 0.3) is 0 Å². The maximum atomic E-state index is 8.57. The van der Waals surface area contributed by atoms with Crippen LogP contribution >= 0.6 is 0 Å². The fourth-order valence-electron chi connectivity index (χ4n) is 1.55. The number of methoxy groups -OCH3 is 3. The van der Waals surface area contributed by atoms with E-state index in [1.54, 1.807) is 45.6 Å². The van der Waals surface area contributed by atoms with Gasteiger partial charge in [0.2, 0.25) is 5.75 Å². The zero-order chi connectivity index (χ0) is 15.5. The van der Waals surface area contributed by atoms with Gasteiger partial charge < -0.3 is 19.3 Å². The summed E-state index contributed by atoms with van der Waals surface area (Å²) in [5.74, 6) is 13.0. The molecule has 0 aliphatic heterocycles. The van der Waals surface area contributed by atoms with Crippen molar-refractivity contribution in [3.8, 4) is 40.9 Å². The molecule has 0 heterocycles. The number of allylic oxidation sites excluding steroid dienone is 2. The fraction of sp³-hybridized carbons (Fsp3) is 0.294. The number of ether oxygens (including phenoxy) is 3. The third-order valence-corrected chi connectivity index (χ3v) is 2.47. The minimum absolute atomic E-state index is 0.0674. The molecule has 0 aliphatic rings. The highest BCUT2D eigenvalue weighted by Crippen LogP contribution is 2.37. The molecule has 4 nitrogen and oxygen atoms in total. The van der Waals surface area contributed by atoms with Crippen LogP contribution in [-0.4, -0.2) is 33.0 Å². The number of benzene rings is 1. The van der Waals surface area contributed by atoms with Gasteiger partial charge in [-0.1, -0.05) is 23.7 Å². The molecular formula is C17H18O4. The molecular weight excluding hydrogens is 268 g/mol. The van der Waals surface area contributed by atoms with Crippen LogP contribution in [0.2, 0.25) is 0 Å². The maximum Gasteiger partial charge on any atom is 0.203 e. The first kappa shape index (κ1) is 16.5. The van der Waals surface area contributed by atoms with Gasteiger partial charge in [-0.25, -0.2) is 0 Å². The molecule has 0 saturated carbocycles. The van der Waals surface area contributed by atoms with Crippen molar-refractivity contribution < 1.29 is 19.3 Å². The lowest BCUT2D eigenvalue weighted by Crippen LogP contribution is -1.95. The molecule has 1 aromatic rings. The molecule has 1 aromatic carbocycles. The molecule has 0 radical (unpaired) electrons. The van der Waals surface area contributed by atoms with E-state index < -0.39 is 0 Å². The van der Waals surface area contributed by atoms with Gasteiger partial charge in [0.1, 0.15) is 0 Å². The average Bonchev–Trinajstić information content (AvgIpc) is 2.52. The van der Waals surface area contributed by atoms with Crippen LogP contribution in [0.5, 0.6) is 17.2 Å². The van der Waals surface area contributed by atoms with Crippen LogP contribution in [0.1, 0.15) is 12.0 Å². The SMILES string of the molecule is COc1cc(C#C/C=C\C#CCCO)cc(OC)c1OC. The molecule has 1 rings (SSSR count). The van der Waals surface area contributed by atoms with Crippen molar-refractivity contribution >= 4 is 0 Å². The lowest BCUT2D eigenvalue weighted by Gasteiger charge is -2.12. The van der Waals surface area contributed by atoms with Crippen molar-refractivity contribution in [3.63, 3.8) is 0 Å². The number of aliphatic hydroxyl groups is 1. The third kappa shape index (κ3) is 5.14. The first-order chi connectivity index (χ1) is 10.3. The van der Waals surface area contributed by atoms with Crippen molar-refractivity contribution in [1.82, 2.24) is 0 Å². The quantitative estimate of drug-likeness (QED) is 0.860. The van der Waals surface area contributed by atoms with Crippen LogP contribution in [-0.2, 0) is 0 Å². The number of hydrogen-bond acceptors (Lipinski definition) is 4. The molecule has 21 heavy (non-hydrogen) atoms. The highest BCUT2D eigenvalue weighted by atomic mass is 16.5. The van der Waals surface area contributed by atoms with Gasteiger partial charge in [0.25, 0.3) is 0 Å². The summed E-state index contributed by atoms with van der Waals surface area (Å²) in [5, 5.41) is 8.57. The minimum atomic E-state index is 0.0674. The molecule has 1 N–H and O–H groups in total. The number of hydrogen-bond donors (Lipinski definition) is 1. The predicted octanol–water partition coefficient (Wildman–Crippen LogP) is 2.01. The van der Waals surface area contributed by atoms with Gasteiger partial charge in [-0.05, 0) is 24.3 Å². The fourth-order valence-corrected chi connectivity index (χ4v) is 1.55. The van der Waals surface area contributed by atoms with Gasteiger partial charge in [0.15, 0.2) is 11.5 Å². The van der Waals surface area contributed by atoms with Gasteiger partial charge in [0.05, 0.1) is 27.9 Å². The molecule has 110 valence electrons. The van der Waals surface area contributed by atoms with Crippen molar-refractivity contribution in [2.45, 2.75) is 6.42 Å². The number of aliphatic hydroxyl groups excluding tert-OH is 1. The van der Waals surface area contributed by atoms with Crippen molar-refractivity contribution in [3.05, 3.63) is 29.8 Å².